The number of rotatable bonds is 3. The molecule has 3 N–H and O–H groups in total. The molecule has 0 bridgehead atoms. The molecular weight excluding hydrogens is 252 g/mol. The fourth-order valence-electron chi connectivity index (χ4n) is 2.61. The molecule has 0 saturated carbocycles. The van der Waals surface area contributed by atoms with E-state index in [9.17, 15) is 4.79 Å². The van der Waals surface area contributed by atoms with E-state index in [4.69, 9.17) is 10.8 Å². The molecular formula is C16H16N2O2. The second kappa shape index (κ2) is 4.98. The van der Waals surface area contributed by atoms with Gasteiger partial charge in [-0.2, -0.15) is 0 Å². The van der Waals surface area contributed by atoms with Gasteiger partial charge in [0, 0.05) is 25.3 Å². The van der Waals surface area contributed by atoms with Crippen LogP contribution in [0.3, 0.4) is 0 Å². The highest BCUT2D eigenvalue weighted by atomic mass is 16.4. The van der Waals surface area contributed by atoms with E-state index in [1.807, 2.05) is 24.3 Å². The molecule has 0 radical (unpaired) electrons. The number of anilines is 1. The first-order valence-corrected chi connectivity index (χ1v) is 6.54. The highest BCUT2D eigenvalue weighted by Crippen LogP contribution is 2.26. The fraction of sp³-hybridized carbons (Fsp3) is 0.188. The molecule has 3 rings (SSSR count). The molecule has 1 aliphatic rings. The zero-order valence-electron chi connectivity index (χ0n) is 11.0. The second-order valence-corrected chi connectivity index (χ2v) is 5.18. The van der Waals surface area contributed by atoms with Crippen molar-refractivity contribution < 1.29 is 9.90 Å². The minimum Gasteiger partial charge on any atom is -0.478 e. The Bertz CT molecular complexity index is 650. The number of benzene rings is 2. The Hall–Kier alpha value is -2.33. The standard InChI is InChI=1S/C16H16N2O2/c17-15-6-5-13-9-18(10-14(13)7-15)8-11-1-3-12(4-2-11)16(19)20/h1-7H,8-10,17H2,(H,19,20). The van der Waals surface area contributed by atoms with Crippen LogP contribution in [0.5, 0.6) is 0 Å². The average Bonchev–Trinajstić information content (AvgIpc) is 2.80. The van der Waals surface area contributed by atoms with Crippen LogP contribution in [-0.4, -0.2) is 16.0 Å². The summed E-state index contributed by atoms with van der Waals surface area (Å²) in [7, 11) is 0. The lowest BCUT2D eigenvalue weighted by Crippen LogP contribution is -2.15. The normalized spacial score (nSPS) is 14.2. The van der Waals surface area contributed by atoms with Gasteiger partial charge in [-0.3, -0.25) is 4.90 Å². The number of nitrogens with two attached hydrogens (primary N) is 1. The number of aromatic carboxylic acids is 1. The molecule has 20 heavy (non-hydrogen) atoms. The Morgan fingerprint density at radius 1 is 1.10 bits per heavy atom. The molecule has 0 aromatic heterocycles. The van der Waals surface area contributed by atoms with Gasteiger partial charge in [0.2, 0.25) is 0 Å². The molecule has 0 aliphatic carbocycles. The third kappa shape index (κ3) is 2.51. The van der Waals surface area contributed by atoms with E-state index in [0.717, 1.165) is 30.9 Å². The third-order valence-corrected chi connectivity index (χ3v) is 3.63. The quantitative estimate of drug-likeness (QED) is 0.839. The van der Waals surface area contributed by atoms with Gasteiger partial charge < -0.3 is 10.8 Å². The van der Waals surface area contributed by atoms with Crippen LogP contribution in [0, 0.1) is 0 Å². The van der Waals surface area contributed by atoms with Gasteiger partial charge >= 0.3 is 5.97 Å². The van der Waals surface area contributed by atoms with Crippen LogP contribution in [0.15, 0.2) is 42.5 Å². The highest BCUT2D eigenvalue weighted by Gasteiger charge is 2.18. The van der Waals surface area contributed by atoms with Crippen molar-refractivity contribution in [2.75, 3.05) is 5.73 Å². The number of carbonyl (C=O) groups is 1. The van der Waals surface area contributed by atoms with E-state index in [2.05, 4.69) is 11.0 Å². The van der Waals surface area contributed by atoms with Crippen molar-refractivity contribution in [3.63, 3.8) is 0 Å². The van der Waals surface area contributed by atoms with Crippen LogP contribution in [0.2, 0.25) is 0 Å². The van der Waals surface area contributed by atoms with Crippen molar-refractivity contribution in [2.45, 2.75) is 19.6 Å². The largest absolute Gasteiger partial charge is 0.478 e. The van der Waals surface area contributed by atoms with Crippen LogP contribution in [0.25, 0.3) is 0 Å². The van der Waals surface area contributed by atoms with Crippen LogP contribution in [0.4, 0.5) is 5.69 Å². The topological polar surface area (TPSA) is 66.6 Å². The maximum absolute atomic E-state index is 10.8. The molecule has 0 amide bonds. The SMILES string of the molecule is Nc1ccc2c(c1)CN(Cc1ccc(C(=O)O)cc1)C2. The summed E-state index contributed by atoms with van der Waals surface area (Å²) in [5.41, 5.74) is 10.7. The molecule has 0 fully saturated rings. The summed E-state index contributed by atoms with van der Waals surface area (Å²) < 4.78 is 0. The molecule has 0 unspecified atom stereocenters. The smallest absolute Gasteiger partial charge is 0.335 e. The van der Waals surface area contributed by atoms with Crippen molar-refractivity contribution in [1.29, 1.82) is 0 Å². The lowest BCUT2D eigenvalue weighted by atomic mass is 10.1. The van der Waals surface area contributed by atoms with Crippen LogP contribution < -0.4 is 5.73 Å². The monoisotopic (exact) mass is 268 g/mol. The summed E-state index contributed by atoms with van der Waals surface area (Å²) in [6.07, 6.45) is 0. The molecule has 102 valence electrons. The van der Waals surface area contributed by atoms with Crippen LogP contribution in [0.1, 0.15) is 27.0 Å². The van der Waals surface area contributed by atoms with Crippen molar-refractivity contribution in [2.24, 2.45) is 0 Å². The van der Waals surface area contributed by atoms with Crippen molar-refractivity contribution >= 4 is 11.7 Å². The van der Waals surface area contributed by atoms with Crippen LogP contribution >= 0.6 is 0 Å². The average molecular weight is 268 g/mol. The first-order chi connectivity index (χ1) is 9.61. The Labute approximate surface area is 117 Å². The number of hydrogen-bond donors (Lipinski definition) is 2. The van der Waals surface area contributed by atoms with Gasteiger partial charge in [-0.05, 0) is 41.0 Å². The van der Waals surface area contributed by atoms with Crippen molar-refractivity contribution in [3.8, 4) is 0 Å². The van der Waals surface area contributed by atoms with Crippen LogP contribution in [-0.2, 0) is 19.6 Å². The molecule has 0 saturated heterocycles. The predicted molar refractivity (Wildman–Crippen MR) is 77.2 cm³/mol. The van der Waals surface area contributed by atoms with E-state index in [1.165, 1.54) is 11.1 Å². The molecule has 2 aromatic rings. The first-order valence-electron chi connectivity index (χ1n) is 6.54. The number of nitrogens with zero attached hydrogens (tertiary/aromatic N) is 1. The summed E-state index contributed by atoms with van der Waals surface area (Å²) in [5, 5.41) is 8.88. The zero-order valence-corrected chi connectivity index (χ0v) is 11.0. The number of carboxylic acids is 1. The first kappa shape index (κ1) is 12.7. The molecule has 2 aromatic carbocycles. The van der Waals surface area contributed by atoms with Crippen molar-refractivity contribution in [3.05, 3.63) is 64.7 Å². The second-order valence-electron chi connectivity index (χ2n) is 5.18. The maximum atomic E-state index is 10.8. The summed E-state index contributed by atoms with van der Waals surface area (Å²) in [5.74, 6) is -0.888. The molecule has 4 nitrogen and oxygen atoms in total. The minimum absolute atomic E-state index is 0.325. The van der Waals surface area contributed by atoms with Gasteiger partial charge in [0.1, 0.15) is 0 Å². The van der Waals surface area contributed by atoms with E-state index >= 15 is 0 Å². The van der Waals surface area contributed by atoms with E-state index in [-0.39, 0.29) is 0 Å². The number of carboxylic acid groups (broad SMARTS) is 1. The van der Waals surface area contributed by atoms with Gasteiger partial charge in [0.05, 0.1) is 5.56 Å². The lowest BCUT2D eigenvalue weighted by Gasteiger charge is -2.14. The number of nitrogen functional groups attached to an aromatic ring is 1. The van der Waals surface area contributed by atoms with E-state index in [1.54, 1.807) is 12.1 Å². The Morgan fingerprint density at radius 3 is 2.50 bits per heavy atom. The number of hydrogen-bond acceptors (Lipinski definition) is 3. The Kier molecular flexibility index (Phi) is 3.16. The lowest BCUT2D eigenvalue weighted by molar-refractivity contribution is 0.0697. The van der Waals surface area contributed by atoms with Gasteiger partial charge in [-0.15, -0.1) is 0 Å². The summed E-state index contributed by atoms with van der Waals surface area (Å²) >= 11 is 0. The molecule has 1 aliphatic heterocycles. The predicted octanol–water partition coefficient (Wildman–Crippen LogP) is 2.48. The van der Waals surface area contributed by atoms with Gasteiger partial charge in [-0.25, -0.2) is 4.79 Å². The Balaban J connectivity index is 1.70. The van der Waals surface area contributed by atoms with Crippen molar-refractivity contribution in [1.82, 2.24) is 4.90 Å². The minimum atomic E-state index is -0.888. The van der Waals surface area contributed by atoms with E-state index < -0.39 is 5.97 Å². The van der Waals surface area contributed by atoms with Gasteiger partial charge in [-0.1, -0.05) is 18.2 Å². The van der Waals surface area contributed by atoms with Gasteiger partial charge in [0.25, 0.3) is 0 Å². The zero-order chi connectivity index (χ0) is 14.1. The number of fused-ring (bicyclic) bond motifs is 1. The van der Waals surface area contributed by atoms with Gasteiger partial charge in [0.15, 0.2) is 0 Å². The van der Waals surface area contributed by atoms with E-state index in [0.29, 0.717) is 5.56 Å². The fourth-order valence-corrected chi connectivity index (χ4v) is 2.61. The molecule has 1 heterocycles. The third-order valence-electron chi connectivity index (χ3n) is 3.63. The molecule has 4 heteroatoms. The summed E-state index contributed by atoms with van der Waals surface area (Å²) in [4.78, 5) is 13.1. The maximum Gasteiger partial charge on any atom is 0.335 e. The molecule has 0 spiro atoms. The highest BCUT2D eigenvalue weighted by molar-refractivity contribution is 5.87. The molecule has 0 atom stereocenters. The Morgan fingerprint density at radius 2 is 1.80 bits per heavy atom. The summed E-state index contributed by atoms with van der Waals surface area (Å²) in [6, 6.07) is 13.1. The summed E-state index contributed by atoms with van der Waals surface area (Å²) in [6.45, 7) is 2.62.